The Morgan fingerprint density at radius 2 is 0.900 bits per heavy atom. The minimum Gasteiger partial charge on any atom is -0.356 e. The Morgan fingerprint density at radius 1 is 0.480 bits per heavy atom. The molecule has 3 N–H and O–H groups in total. The second kappa shape index (κ2) is 35.8. The summed E-state index contributed by atoms with van der Waals surface area (Å²) in [5.41, 5.74) is 0. The lowest BCUT2D eigenvalue weighted by molar-refractivity contribution is -0.129. The number of nitrogens with one attached hydrogen (secondary N) is 3. The summed E-state index contributed by atoms with van der Waals surface area (Å²) in [6, 6.07) is -0.648. The molecule has 0 aliphatic carbocycles. The second-order valence-electron chi connectivity index (χ2n) is 15.4. The van der Waals surface area contributed by atoms with Gasteiger partial charge in [0, 0.05) is 25.9 Å². The Bertz CT molecular complexity index is 788. The zero-order chi connectivity index (χ0) is 36.2. The first-order chi connectivity index (χ1) is 24.6. The fourth-order valence-corrected chi connectivity index (χ4v) is 6.97. The van der Waals surface area contributed by atoms with E-state index >= 15 is 0 Å². The molecule has 1 rings (SSSR count). The van der Waals surface area contributed by atoms with E-state index in [2.05, 4.69) is 34.7 Å². The number of hydrogen-bond acceptors (Lipinski definition) is 4. The normalized spacial score (nSPS) is 13.6. The predicted octanol–water partition coefficient (Wildman–Crippen LogP) is 10.5. The van der Waals surface area contributed by atoms with Gasteiger partial charge >= 0.3 is 0 Å². The third-order valence-corrected chi connectivity index (χ3v) is 10.6. The van der Waals surface area contributed by atoms with E-state index in [4.69, 9.17) is 0 Å². The van der Waals surface area contributed by atoms with E-state index in [1.807, 2.05) is 0 Å². The van der Waals surface area contributed by atoms with Crippen molar-refractivity contribution < 1.29 is 14.4 Å². The monoisotopic (exact) mass is 705 g/mol. The highest BCUT2D eigenvalue weighted by Crippen LogP contribution is 2.14. The van der Waals surface area contributed by atoms with Gasteiger partial charge < -0.3 is 20.9 Å². The highest BCUT2D eigenvalue weighted by atomic mass is 16.2. The fourth-order valence-electron chi connectivity index (χ4n) is 6.97. The van der Waals surface area contributed by atoms with Crippen LogP contribution in [0, 0.1) is 0 Å². The summed E-state index contributed by atoms with van der Waals surface area (Å²) in [7, 11) is 0. The van der Waals surface area contributed by atoms with E-state index in [1.54, 1.807) is 0 Å². The topological polar surface area (TPSA) is 90.5 Å². The van der Waals surface area contributed by atoms with Gasteiger partial charge in [0.2, 0.25) is 17.7 Å². The smallest absolute Gasteiger partial charge is 0.242 e. The molecule has 1 aliphatic rings. The summed E-state index contributed by atoms with van der Waals surface area (Å²) in [6.07, 6.45) is 37.3. The summed E-state index contributed by atoms with van der Waals surface area (Å²) in [5.74, 6) is -0.241. The summed E-state index contributed by atoms with van der Waals surface area (Å²) in [6.45, 7) is 9.71. The van der Waals surface area contributed by atoms with Crippen LogP contribution in [0.25, 0.3) is 0 Å². The van der Waals surface area contributed by atoms with Crippen LogP contribution in [0.1, 0.15) is 219 Å². The van der Waals surface area contributed by atoms with Crippen LogP contribution in [0.4, 0.5) is 0 Å². The van der Waals surface area contributed by atoms with Gasteiger partial charge in [0.25, 0.3) is 0 Å². The molecule has 7 heteroatoms. The van der Waals surface area contributed by atoms with Gasteiger partial charge in [0.15, 0.2) is 0 Å². The Kier molecular flexibility index (Phi) is 33.2. The van der Waals surface area contributed by atoms with Gasteiger partial charge in [-0.2, -0.15) is 0 Å². The first kappa shape index (κ1) is 46.4. The average molecular weight is 705 g/mol. The van der Waals surface area contributed by atoms with E-state index in [1.165, 1.54) is 167 Å². The zero-order valence-corrected chi connectivity index (χ0v) is 33.4. The Balaban J connectivity index is 2.26. The highest BCUT2D eigenvalue weighted by molar-refractivity contribution is 5.88. The van der Waals surface area contributed by atoms with Crippen molar-refractivity contribution in [2.24, 2.45) is 0 Å². The molecule has 0 aromatic heterocycles. The highest BCUT2D eigenvalue weighted by Gasteiger charge is 2.21. The maximum Gasteiger partial charge on any atom is 0.242 e. The van der Waals surface area contributed by atoms with Crippen LogP contribution in [-0.2, 0) is 14.4 Å². The van der Waals surface area contributed by atoms with Crippen molar-refractivity contribution >= 4 is 17.7 Å². The fraction of sp³-hybridized carbons (Fsp3) is 0.930. The van der Waals surface area contributed by atoms with Gasteiger partial charge in [-0.05, 0) is 58.2 Å². The Labute approximate surface area is 310 Å². The number of likely N-dealkylation sites (tertiary alicyclic amines) is 1. The lowest BCUT2D eigenvalue weighted by Gasteiger charge is -2.30. The van der Waals surface area contributed by atoms with E-state index in [-0.39, 0.29) is 24.1 Å². The quantitative estimate of drug-likeness (QED) is 0.0558. The van der Waals surface area contributed by atoms with Gasteiger partial charge in [-0.25, -0.2) is 0 Å². The Hall–Kier alpha value is -1.63. The molecule has 0 saturated carbocycles. The summed E-state index contributed by atoms with van der Waals surface area (Å²) < 4.78 is 0. The maximum atomic E-state index is 13.1. The zero-order valence-electron chi connectivity index (χ0n) is 33.4. The number of carbonyl (C=O) groups excluding carboxylic acids is 3. The molecule has 1 saturated heterocycles. The van der Waals surface area contributed by atoms with Crippen LogP contribution >= 0.6 is 0 Å². The average Bonchev–Trinajstić information content (AvgIpc) is 3.09. The number of unbranched alkanes of at least 4 members (excludes halogenated alkanes) is 25. The third kappa shape index (κ3) is 30.0. The minimum atomic E-state index is -0.648. The molecular weight excluding hydrogens is 620 g/mol. The van der Waals surface area contributed by atoms with Crippen molar-refractivity contribution in [2.75, 3.05) is 32.7 Å². The number of rotatable bonds is 38. The number of carbonyl (C=O) groups is 3. The van der Waals surface area contributed by atoms with Crippen molar-refractivity contribution in [1.82, 2.24) is 20.9 Å². The molecule has 0 bridgehead atoms. The van der Waals surface area contributed by atoms with Crippen molar-refractivity contribution in [3.8, 4) is 0 Å². The van der Waals surface area contributed by atoms with Crippen molar-refractivity contribution in [3.05, 3.63) is 0 Å². The third-order valence-electron chi connectivity index (χ3n) is 10.6. The first-order valence-electron chi connectivity index (χ1n) is 22.1. The standard InChI is InChI=1S/C43H84N4O3/c1-3-5-7-9-11-13-16-20-24-28-35-44-41(48)34-33-40(43(50)45-36-29-25-21-17-14-12-10-8-6-4-2)46-42(49)32-27-23-19-15-18-22-26-30-37-47-38-31-39-47/h40H,3-39H2,1-2H3,(H,44,48)(H,45,50)(H,46,49). The molecule has 0 spiro atoms. The van der Waals surface area contributed by atoms with Gasteiger partial charge in [0.1, 0.15) is 6.04 Å². The van der Waals surface area contributed by atoms with Crippen LogP contribution < -0.4 is 16.0 Å². The van der Waals surface area contributed by atoms with E-state index in [9.17, 15) is 14.4 Å². The number of nitrogens with zero attached hydrogens (tertiary/aromatic N) is 1. The molecule has 1 aliphatic heterocycles. The van der Waals surface area contributed by atoms with Gasteiger partial charge in [0.05, 0.1) is 0 Å². The van der Waals surface area contributed by atoms with Gasteiger partial charge in [-0.15, -0.1) is 0 Å². The molecule has 50 heavy (non-hydrogen) atoms. The number of amides is 3. The SMILES string of the molecule is CCCCCCCCCCCCNC(=O)CCC(NC(=O)CCCCCCCCCCN1CCC1)C(=O)NCCCCCCCCCCCC. The van der Waals surface area contributed by atoms with Gasteiger partial charge in [-0.1, -0.05) is 168 Å². The molecule has 0 aromatic rings. The van der Waals surface area contributed by atoms with Crippen molar-refractivity contribution in [2.45, 2.75) is 225 Å². The van der Waals surface area contributed by atoms with Crippen LogP contribution in [0.3, 0.4) is 0 Å². The molecule has 1 unspecified atom stereocenters. The van der Waals surface area contributed by atoms with Crippen molar-refractivity contribution in [1.29, 1.82) is 0 Å². The second-order valence-corrected chi connectivity index (χ2v) is 15.4. The molecule has 1 atom stereocenters. The summed E-state index contributed by atoms with van der Waals surface area (Å²) in [4.78, 5) is 41.1. The van der Waals surface area contributed by atoms with Crippen LogP contribution in [0.5, 0.6) is 0 Å². The van der Waals surface area contributed by atoms with Crippen LogP contribution in [0.15, 0.2) is 0 Å². The summed E-state index contributed by atoms with van der Waals surface area (Å²) in [5, 5.41) is 9.08. The van der Waals surface area contributed by atoms with E-state index in [0.29, 0.717) is 25.9 Å². The molecule has 7 nitrogen and oxygen atoms in total. The lowest BCUT2D eigenvalue weighted by atomic mass is 10.1. The molecule has 3 amide bonds. The predicted molar refractivity (Wildman–Crippen MR) is 213 cm³/mol. The van der Waals surface area contributed by atoms with Crippen molar-refractivity contribution in [3.63, 3.8) is 0 Å². The number of hydrogen-bond donors (Lipinski definition) is 3. The molecule has 1 heterocycles. The molecule has 0 aromatic carbocycles. The van der Waals surface area contributed by atoms with Crippen LogP contribution in [-0.4, -0.2) is 61.4 Å². The first-order valence-corrected chi connectivity index (χ1v) is 22.1. The maximum absolute atomic E-state index is 13.1. The molecule has 294 valence electrons. The summed E-state index contributed by atoms with van der Waals surface area (Å²) >= 11 is 0. The largest absolute Gasteiger partial charge is 0.356 e. The minimum absolute atomic E-state index is 0.0248. The molecule has 1 fully saturated rings. The lowest BCUT2D eigenvalue weighted by Crippen LogP contribution is -2.47. The van der Waals surface area contributed by atoms with Gasteiger partial charge in [-0.3, -0.25) is 14.4 Å². The molecular formula is C43H84N4O3. The Morgan fingerprint density at radius 3 is 1.36 bits per heavy atom. The van der Waals surface area contributed by atoms with Crippen LogP contribution in [0.2, 0.25) is 0 Å². The molecule has 0 radical (unpaired) electrons. The van der Waals surface area contributed by atoms with E-state index in [0.717, 1.165) is 38.5 Å². The van der Waals surface area contributed by atoms with E-state index < -0.39 is 6.04 Å².